The van der Waals surface area contributed by atoms with Crippen LogP contribution in [-0.4, -0.2) is 9.97 Å². The molecule has 2 aromatic rings. The Hall–Kier alpha value is -1.70. The van der Waals surface area contributed by atoms with E-state index in [4.69, 9.17) is 0 Å². The SMILES string of the molecule is CCC.Cc1cccc(C)c1-c1ncccn1. The standard InChI is InChI=1S/C12H12N2.C3H8/c1-9-5-3-6-10(2)11(9)12-13-7-4-8-14-12;1-3-2/h3-8H,1-2H3;3H2,1-2H3. The van der Waals surface area contributed by atoms with Crippen molar-refractivity contribution in [3.63, 3.8) is 0 Å². The first-order valence-corrected chi connectivity index (χ1v) is 6.04. The van der Waals surface area contributed by atoms with Gasteiger partial charge in [-0.2, -0.15) is 0 Å². The zero-order chi connectivity index (χ0) is 12.7. The molecule has 0 atom stereocenters. The second-order valence-electron chi connectivity index (χ2n) is 4.05. The van der Waals surface area contributed by atoms with Crippen LogP contribution in [0.4, 0.5) is 0 Å². The third kappa shape index (κ3) is 3.66. The fourth-order valence-corrected chi connectivity index (χ4v) is 1.60. The average molecular weight is 228 g/mol. The Morgan fingerprint density at radius 1 is 0.882 bits per heavy atom. The minimum Gasteiger partial charge on any atom is -0.237 e. The first-order chi connectivity index (χ1) is 8.20. The van der Waals surface area contributed by atoms with Crippen LogP contribution < -0.4 is 0 Å². The second kappa shape index (κ2) is 6.79. The number of aromatic nitrogens is 2. The van der Waals surface area contributed by atoms with Crippen molar-refractivity contribution in [2.45, 2.75) is 34.1 Å². The van der Waals surface area contributed by atoms with Gasteiger partial charge in [-0.15, -0.1) is 0 Å². The fraction of sp³-hybridized carbons (Fsp3) is 0.333. The van der Waals surface area contributed by atoms with Crippen molar-refractivity contribution < 1.29 is 0 Å². The van der Waals surface area contributed by atoms with Crippen molar-refractivity contribution in [3.8, 4) is 11.4 Å². The lowest BCUT2D eigenvalue weighted by Gasteiger charge is -2.06. The van der Waals surface area contributed by atoms with E-state index < -0.39 is 0 Å². The summed E-state index contributed by atoms with van der Waals surface area (Å²) in [6, 6.07) is 8.05. The van der Waals surface area contributed by atoms with Crippen molar-refractivity contribution in [2.75, 3.05) is 0 Å². The van der Waals surface area contributed by atoms with Crippen LogP contribution in [0.25, 0.3) is 11.4 Å². The molecule has 2 rings (SSSR count). The van der Waals surface area contributed by atoms with Gasteiger partial charge in [0.05, 0.1) is 0 Å². The lowest BCUT2D eigenvalue weighted by Crippen LogP contribution is -1.92. The lowest BCUT2D eigenvalue weighted by atomic mass is 10.0. The Kier molecular flexibility index (Phi) is 5.34. The average Bonchev–Trinajstić information content (AvgIpc) is 2.31. The third-order valence-corrected chi connectivity index (χ3v) is 2.27. The number of hydrogen-bond donors (Lipinski definition) is 0. The molecule has 0 bridgehead atoms. The maximum absolute atomic E-state index is 4.26. The Labute approximate surface area is 104 Å². The molecule has 0 radical (unpaired) electrons. The summed E-state index contributed by atoms with van der Waals surface area (Å²) in [5.74, 6) is 0.808. The molecular formula is C15H20N2. The highest BCUT2D eigenvalue weighted by Gasteiger charge is 2.06. The van der Waals surface area contributed by atoms with Gasteiger partial charge in [0.25, 0.3) is 0 Å². The lowest BCUT2D eigenvalue weighted by molar-refractivity contribution is 1.09. The van der Waals surface area contributed by atoms with Crippen molar-refractivity contribution in [2.24, 2.45) is 0 Å². The smallest absolute Gasteiger partial charge is 0.159 e. The Bertz CT molecular complexity index is 429. The van der Waals surface area contributed by atoms with Gasteiger partial charge in [-0.3, -0.25) is 0 Å². The quantitative estimate of drug-likeness (QED) is 0.732. The van der Waals surface area contributed by atoms with E-state index in [1.165, 1.54) is 17.5 Å². The molecule has 2 nitrogen and oxygen atoms in total. The van der Waals surface area contributed by atoms with Gasteiger partial charge in [0.15, 0.2) is 5.82 Å². The molecule has 0 aliphatic heterocycles. The Morgan fingerprint density at radius 2 is 1.35 bits per heavy atom. The van der Waals surface area contributed by atoms with Crippen LogP contribution in [0.5, 0.6) is 0 Å². The summed E-state index contributed by atoms with van der Waals surface area (Å²) in [5, 5.41) is 0. The van der Waals surface area contributed by atoms with Crippen molar-refractivity contribution in [1.82, 2.24) is 9.97 Å². The molecule has 0 fully saturated rings. The largest absolute Gasteiger partial charge is 0.237 e. The van der Waals surface area contributed by atoms with E-state index in [0.717, 1.165) is 11.4 Å². The number of benzene rings is 1. The number of aryl methyl sites for hydroxylation is 2. The molecule has 0 N–H and O–H groups in total. The molecule has 0 saturated heterocycles. The Morgan fingerprint density at radius 3 is 1.82 bits per heavy atom. The van der Waals surface area contributed by atoms with Gasteiger partial charge >= 0.3 is 0 Å². The molecule has 0 unspecified atom stereocenters. The van der Waals surface area contributed by atoms with Crippen molar-refractivity contribution in [3.05, 3.63) is 47.8 Å². The molecule has 90 valence electrons. The molecule has 0 aliphatic carbocycles. The van der Waals surface area contributed by atoms with E-state index in [1.54, 1.807) is 12.4 Å². The maximum atomic E-state index is 4.26. The first kappa shape index (κ1) is 13.4. The number of rotatable bonds is 1. The molecule has 0 amide bonds. The fourth-order valence-electron chi connectivity index (χ4n) is 1.60. The van der Waals surface area contributed by atoms with Gasteiger partial charge < -0.3 is 0 Å². The molecule has 0 aliphatic rings. The summed E-state index contributed by atoms with van der Waals surface area (Å²) in [6.45, 7) is 8.41. The van der Waals surface area contributed by atoms with Gasteiger partial charge in [0.2, 0.25) is 0 Å². The van der Waals surface area contributed by atoms with E-state index in [2.05, 4.69) is 55.9 Å². The normalized spacial score (nSPS) is 9.41. The highest BCUT2D eigenvalue weighted by atomic mass is 14.9. The highest BCUT2D eigenvalue weighted by Crippen LogP contribution is 2.22. The molecule has 0 spiro atoms. The van der Waals surface area contributed by atoms with E-state index in [1.807, 2.05) is 6.07 Å². The number of hydrogen-bond acceptors (Lipinski definition) is 2. The molecular weight excluding hydrogens is 208 g/mol. The van der Waals surface area contributed by atoms with E-state index >= 15 is 0 Å². The predicted octanol–water partition coefficient (Wildman–Crippen LogP) is 4.18. The topological polar surface area (TPSA) is 25.8 Å². The van der Waals surface area contributed by atoms with E-state index in [0.29, 0.717) is 0 Å². The van der Waals surface area contributed by atoms with E-state index in [9.17, 15) is 0 Å². The van der Waals surface area contributed by atoms with Gasteiger partial charge in [-0.1, -0.05) is 38.5 Å². The molecule has 1 heterocycles. The summed E-state index contributed by atoms with van der Waals surface area (Å²) in [4.78, 5) is 8.52. The minimum absolute atomic E-state index is 0.808. The molecule has 1 aromatic carbocycles. The van der Waals surface area contributed by atoms with Crippen LogP contribution in [-0.2, 0) is 0 Å². The van der Waals surface area contributed by atoms with Crippen LogP contribution in [0.3, 0.4) is 0 Å². The summed E-state index contributed by atoms with van der Waals surface area (Å²) in [6.07, 6.45) is 4.79. The third-order valence-electron chi connectivity index (χ3n) is 2.27. The first-order valence-electron chi connectivity index (χ1n) is 6.04. The van der Waals surface area contributed by atoms with Gasteiger partial charge in [-0.05, 0) is 31.0 Å². The van der Waals surface area contributed by atoms with Crippen LogP contribution in [0.2, 0.25) is 0 Å². The van der Waals surface area contributed by atoms with E-state index in [-0.39, 0.29) is 0 Å². The van der Waals surface area contributed by atoms with Gasteiger partial charge in [-0.25, -0.2) is 9.97 Å². The summed E-state index contributed by atoms with van der Waals surface area (Å²) >= 11 is 0. The summed E-state index contributed by atoms with van der Waals surface area (Å²) in [7, 11) is 0. The van der Waals surface area contributed by atoms with Crippen molar-refractivity contribution >= 4 is 0 Å². The van der Waals surface area contributed by atoms with Crippen LogP contribution in [0.1, 0.15) is 31.4 Å². The maximum Gasteiger partial charge on any atom is 0.159 e. The van der Waals surface area contributed by atoms with Gasteiger partial charge in [0, 0.05) is 18.0 Å². The highest BCUT2D eigenvalue weighted by molar-refractivity contribution is 5.63. The monoisotopic (exact) mass is 228 g/mol. The molecule has 2 heteroatoms. The molecule has 17 heavy (non-hydrogen) atoms. The van der Waals surface area contributed by atoms with Gasteiger partial charge in [0.1, 0.15) is 0 Å². The summed E-state index contributed by atoms with van der Waals surface area (Å²) in [5.41, 5.74) is 3.58. The van der Waals surface area contributed by atoms with Crippen LogP contribution >= 0.6 is 0 Å². The summed E-state index contributed by atoms with van der Waals surface area (Å²) < 4.78 is 0. The molecule has 0 saturated carbocycles. The zero-order valence-electron chi connectivity index (χ0n) is 11.1. The predicted molar refractivity (Wildman–Crippen MR) is 72.9 cm³/mol. The minimum atomic E-state index is 0.808. The Balaban J connectivity index is 0.000000437. The van der Waals surface area contributed by atoms with Crippen molar-refractivity contribution in [1.29, 1.82) is 0 Å². The second-order valence-corrected chi connectivity index (χ2v) is 4.05. The van der Waals surface area contributed by atoms with Crippen LogP contribution in [0.15, 0.2) is 36.7 Å². The van der Waals surface area contributed by atoms with Crippen LogP contribution in [0, 0.1) is 13.8 Å². The molecule has 1 aromatic heterocycles. The zero-order valence-corrected chi connectivity index (χ0v) is 11.1. The number of nitrogens with zero attached hydrogens (tertiary/aromatic N) is 2.